The molecule has 0 saturated carbocycles. The van der Waals surface area contributed by atoms with Crippen molar-refractivity contribution in [3.8, 4) is 11.5 Å². The van der Waals surface area contributed by atoms with E-state index in [1.165, 1.54) is 0 Å². The van der Waals surface area contributed by atoms with Crippen molar-refractivity contribution in [2.75, 3.05) is 5.32 Å². The van der Waals surface area contributed by atoms with Crippen LogP contribution >= 0.6 is 0 Å². The summed E-state index contributed by atoms with van der Waals surface area (Å²) >= 11 is 0. The molecule has 1 unspecified atom stereocenters. The average molecular weight is 371 g/mol. The highest BCUT2D eigenvalue weighted by atomic mass is 16.3. The lowest BCUT2D eigenvalue weighted by Crippen LogP contribution is -2.14. The van der Waals surface area contributed by atoms with Gasteiger partial charge in [0.25, 0.3) is 0 Å². The number of nitrogens with one attached hydrogen (secondary N) is 1. The first kappa shape index (κ1) is 17.8. The monoisotopic (exact) mass is 371 g/mol. The zero-order valence-electron chi connectivity index (χ0n) is 15.7. The quantitative estimate of drug-likeness (QED) is 0.477. The Morgan fingerprint density at radius 2 is 1.68 bits per heavy atom. The molecule has 1 atom stereocenters. The number of rotatable bonds is 4. The van der Waals surface area contributed by atoms with E-state index in [1.807, 2.05) is 56.3 Å². The van der Waals surface area contributed by atoms with Crippen molar-refractivity contribution < 1.29 is 10.2 Å². The molecule has 2 aromatic carbocycles. The number of pyridine rings is 2. The number of hydrogen-bond acceptors (Lipinski definition) is 5. The third kappa shape index (κ3) is 3.34. The molecule has 0 radical (unpaired) electrons. The number of anilines is 1. The summed E-state index contributed by atoms with van der Waals surface area (Å²) in [6.07, 6.45) is 3.35. The van der Waals surface area contributed by atoms with Gasteiger partial charge in [-0.15, -0.1) is 0 Å². The molecule has 0 aliphatic carbocycles. The Kier molecular flexibility index (Phi) is 4.57. The average Bonchev–Trinajstić information content (AvgIpc) is 2.69. The Balaban J connectivity index is 1.86. The van der Waals surface area contributed by atoms with Crippen molar-refractivity contribution in [2.45, 2.75) is 19.9 Å². The van der Waals surface area contributed by atoms with E-state index in [9.17, 15) is 10.2 Å². The maximum absolute atomic E-state index is 11.0. The second kappa shape index (κ2) is 7.19. The number of benzene rings is 2. The zero-order valence-corrected chi connectivity index (χ0v) is 15.7. The summed E-state index contributed by atoms with van der Waals surface area (Å²) in [4.78, 5) is 8.64. The molecular formula is C23H21N3O2. The molecule has 0 saturated heterocycles. The molecule has 4 rings (SSSR count). The molecule has 28 heavy (non-hydrogen) atoms. The Bertz CT molecular complexity index is 1140. The van der Waals surface area contributed by atoms with Gasteiger partial charge in [-0.25, -0.2) is 4.98 Å². The Labute approximate surface area is 163 Å². The van der Waals surface area contributed by atoms with Gasteiger partial charge in [0.15, 0.2) is 11.6 Å². The molecule has 0 bridgehead atoms. The van der Waals surface area contributed by atoms with E-state index in [0.717, 1.165) is 22.1 Å². The van der Waals surface area contributed by atoms with Gasteiger partial charge < -0.3 is 15.5 Å². The summed E-state index contributed by atoms with van der Waals surface area (Å²) in [6, 6.07) is 16.7. The van der Waals surface area contributed by atoms with Gasteiger partial charge in [0.05, 0.1) is 6.04 Å². The van der Waals surface area contributed by atoms with Gasteiger partial charge >= 0.3 is 0 Å². The number of aromatic hydroxyl groups is 2. The molecule has 3 N–H and O–H groups in total. The highest BCUT2D eigenvalue weighted by molar-refractivity contribution is 5.86. The van der Waals surface area contributed by atoms with E-state index in [2.05, 4.69) is 15.3 Å². The van der Waals surface area contributed by atoms with Crippen LogP contribution in [-0.4, -0.2) is 20.2 Å². The molecule has 4 aromatic rings. The second-order valence-corrected chi connectivity index (χ2v) is 6.95. The first-order chi connectivity index (χ1) is 13.5. The lowest BCUT2D eigenvalue weighted by molar-refractivity contribution is 0.468. The standard InChI is InChI=1S/C23H21N3O2/c1-14-5-7-16(8-6-14)20(26-23-19(27)4-3-11-24-23)18-10-9-17-12-15(2)13-25-21(17)22(18)28/h3-13,20,27-28H,1-2H3,(H,24,26). The minimum absolute atomic E-state index is 0.0497. The van der Waals surface area contributed by atoms with Gasteiger partial charge in [-0.1, -0.05) is 42.0 Å². The normalized spacial score (nSPS) is 12.1. The van der Waals surface area contributed by atoms with Crippen LogP contribution in [0.1, 0.15) is 28.3 Å². The molecule has 5 heteroatoms. The number of nitrogens with zero attached hydrogens (tertiary/aromatic N) is 2. The fourth-order valence-corrected chi connectivity index (χ4v) is 3.29. The summed E-state index contributed by atoms with van der Waals surface area (Å²) in [5, 5.41) is 25.3. The van der Waals surface area contributed by atoms with Crippen LogP contribution in [0.2, 0.25) is 0 Å². The predicted octanol–water partition coefficient (Wildman–Crippen LogP) is 4.86. The van der Waals surface area contributed by atoms with Crippen LogP contribution in [0.4, 0.5) is 5.82 Å². The third-order valence-corrected chi connectivity index (χ3v) is 4.78. The fourth-order valence-electron chi connectivity index (χ4n) is 3.29. The van der Waals surface area contributed by atoms with Gasteiger partial charge in [0.1, 0.15) is 11.3 Å². The van der Waals surface area contributed by atoms with Gasteiger partial charge in [-0.2, -0.15) is 0 Å². The van der Waals surface area contributed by atoms with Crippen molar-refractivity contribution in [3.05, 3.63) is 89.2 Å². The smallest absolute Gasteiger partial charge is 0.169 e. The number of hydrogen-bond donors (Lipinski definition) is 3. The van der Waals surface area contributed by atoms with Gasteiger partial charge in [-0.05, 0) is 43.2 Å². The first-order valence-electron chi connectivity index (χ1n) is 9.08. The van der Waals surface area contributed by atoms with E-state index in [4.69, 9.17) is 0 Å². The van der Waals surface area contributed by atoms with E-state index < -0.39 is 6.04 Å². The number of aryl methyl sites for hydroxylation is 2. The van der Waals surface area contributed by atoms with Crippen molar-refractivity contribution >= 4 is 16.7 Å². The number of fused-ring (bicyclic) bond motifs is 1. The SMILES string of the molecule is Cc1ccc(C(Nc2ncccc2O)c2ccc3cc(C)cnc3c2O)cc1. The summed E-state index contributed by atoms with van der Waals surface area (Å²) in [5.41, 5.74) is 4.33. The number of phenolic OH excluding ortho intramolecular Hbond substituents is 1. The minimum atomic E-state index is -0.408. The first-order valence-corrected chi connectivity index (χ1v) is 9.08. The summed E-state index contributed by atoms with van der Waals surface area (Å²) in [6.45, 7) is 3.99. The topological polar surface area (TPSA) is 78.3 Å². The molecule has 2 aromatic heterocycles. The molecule has 140 valence electrons. The Hall–Kier alpha value is -3.60. The van der Waals surface area contributed by atoms with Crippen LogP contribution in [0.5, 0.6) is 11.5 Å². The number of aromatic nitrogens is 2. The molecule has 0 amide bonds. The van der Waals surface area contributed by atoms with Gasteiger partial charge in [0.2, 0.25) is 0 Å². The summed E-state index contributed by atoms with van der Waals surface area (Å²) < 4.78 is 0. The van der Waals surface area contributed by atoms with Crippen molar-refractivity contribution in [1.82, 2.24) is 9.97 Å². The fraction of sp³-hybridized carbons (Fsp3) is 0.130. The van der Waals surface area contributed by atoms with Crippen LogP contribution in [0.15, 0.2) is 67.0 Å². The van der Waals surface area contributed by atoms with Crippen LogP contribution in [-0.2, 0) is 0 Å². The molecule has 2 heterocycles. The molecule has 0 aliphatic rings. The zero-order chi connectivity index (χ0) is 19.7. The lowest BCUT2D eigenvalue weighted by atomic mass is 9.95. The predicted molar refractivity (Wildman–Crippen MR) is 111 cm³/mol. The molecule has 5 nitrogen and oxygen atoms in total. The highest BCUT2D eigenvalue weighted by Gasteiger charge is 2.21. The minimum Gasteiger partial charge on any atom is -0.505 e. The lowest BCUT2D eigenvalue weighted by Gasteiger charge is -2.22. The van der Waals surface area contributed by atoms with Crippen molar-refractivity contribution in [1.29, 1.82) is 0 Å². The molecule has 0 spiro atoms. The number of phenols is 1. The third-order valence-electron chi connectivity index (χ3n) is 4.78. The Morgan fingerprint density at radius 3 is 2.43 bits per heavy atom. The maximum atomic E-state index is 11.0. The molecular weight excluding hydrogens is 350 g/mol. The van der Waals surface area contributed by atoms with E-state index in [-0.39, 0.29) is 11.5 Å². The van der Waals surface area contributed by atoms with E-state index in [1.54, 1.807) is 24.5 Å². The van der Waals surface area contributed by atoms with Gasteiger partial charge in [-0.3, -0.25) is 4.98 Å². The summed E-state index contributed by atoms with van der Waals surface area (Å²) in [7, 11) is 0. The van der Waals surface area contributed by atoms with Crippen LogP contribution in [0.25, 0.3) is 10.9 Å². The van der Waals surface area contributed by atoms with Crippen LogP contribution in [0.3, 0.4) is 0 Å². The molecule has 0 fully saturated rings. The van der Waals surface area contributed by atoms with Crippen LogP contribution in [0, 0.1) is 13.8 Å². The van der Waals surface area contributed by atoms with Crippen molar-refractivity contribution in [2.24, 2.45) is 0 Å². The summed E-state index contributed by atoms with van der Waals surface area (Å²) in [5.74, 6) is 0.518. The van der Waals surface area contributed by atoms with Gasteiger partial charge in [0, 0.05) is 23.3 Å². The Morgan fingerprint density at radius 1 is 0.893 bits per heavy atom. The molecule has 0 aliphatic heterocycles. The maximum Gasteiger partial charge on any atom is 0.169 e. The second-order valence-electron chi connectivity index (χ2n) is 6.95. The highest BCUT2D eigenvalue weighted by Crippen LogP contribution is 2.37. The van der Waals surface area contributed by atoms with Crippen molar-refractivity contribution in [3.63, 3.8) is 0 Å². The van der Waals surface area contributed by atoms with E-state index in [0.29, 0.717) is 16.9 Å². The van der Waals surface area contributed by atoms with E-state index >= 15 is 0 Å². The largest absolute Gasteiger partial charge is 0.505 e. The van der Waals surface area contributed by atoms with Crippen LogP contribution < -0.4 is 5.32 Å².